The van der Waals surface area contributed by atoms with Crippen LogP contribution in [-0.4, -0.2) is 4.92 Å². The lowest BCUT2D eigenvalue weighted by Gasteiger charge is -2.08. The van der Waals surface area contributed by atoms with Crippen molar-refractivity contribution in [2.24, 2.45) is 0 Å². The van der Waals surface area contributed by atoms with Crippen molar-refractivity contribution in [1.82, 2.24) is 0 Å². The lowest BCUT2D eigenvalue weighted by molar-refractivity contribution is -0.383. The van der Waals surface area contributed by atoms with Gasteiger partial charge < -0.3 is 10.5 Å². The van der Waals surface area contributed by atoms with Crippen molar-refractivity contribution in [3.05, 3.63) is 56.8 Å². The summed E-state index contributed by atoms with van der Waals surface area (Å²) in [6.07, 6.45) is 0. The van der Waals surface area contributed by atoms with Crippen LogP contribution in [0.15, 0.2) is 40.9 Å². The van der Waals surface area contributed by atoms with Crippen LogP contribution in [0.25, 0.3) is 0 Å². The van der Waals surface area contributed by atoms with Gasteiger partial charge in [0.1, 0.15) is 23.0 Å². The molecular formula is C12H8BrFN2O3. The number of ether oxygens (including phenoxy) is 1. The fourth-order valence-corrected chi connectivity index (χ4v) is 1.77. The van der Waals surface area contributed by atoms with Gasteiger partial charge in [-0.3, -0.25) is 10.1 Å². The van der Waals surface area contributed by atoms with Gasteiger partial charge in [-0.2, -0.15) is 0 Å². The summed E-state index contributed by atoms with van der Waals surface area (Å²) < 4.78 is 19.1. The van der Waals surface area contributed by atoms with Crippen LogP contribution in [0.5, 0.6) is 11.5 Å². The van der Waals surface area contributed by atoms with E-state index in [1.807, 2.05) is 0 Å². The molecule has 2 rings (SSSR count). The molecule has 0 aliphatic rings. The van der Waals surface area contributed by atoms with E-state index in [1.165, 1.54) is 36.4 Å². The number of nitro groups is 1. The Hall–Kier alpha value is -2.15. The molecule has 19 heavy (non-hydrogen) atoms. The minimum atomic E-state index is -0.586. The first-order valence-electron chi connectivity index (χ1n) is 5.14. The van der Waals surface area contributed by atoms with Gasteiger partial charge in [-0.1, -0.05) is 0 Å². The predicted octanol–water partition coefficient (Wildman–Crippen LogP) is 3.87. The van der Waals surface area contributed by atoms with Gasteiger partial charge in [-0.05, 0) is 34.1 Å². The first kappa shape index (κ1) is 13.3. The number of hydrogen-bond acceptors (Lipinski definition) is 4. The number of nitrogens with zero attached hydrogens (tertiary/aromatic N) is 1. The van der Waals surface area contributed by atoms with Crippen LogP contribution in [-0.2, 0) is 0 Å². The minimum Gasteiger partial charge on any atom is -0.456 e. The van der Waals surface area contributed by atoms with Crippen molar-refractivity contribution >= 4 is 27.3 Å². The standard InChI is InChI=1S/C12H8BrFN2O3/c13-9-3-1-7(14)5-12(9)19-8-2-4-11(16(17)18)10(15)6-8/h1-6H,15H2. The minimum absolute atomic E-state index is 0.0185. The van der Waals surface area contributed by atoms with E-state index in [1.54, 1.807) is 0 Å². The Bertz CT molecular complexity index is 649. The average molecular weight is 327 g/mol. The van der Waals surface area contributed by atoms with E-state index in [0.717, 1.165) is 0 Å². The third-order valence-corrected chi connectivity index (χ3v) is 2.97. The molecule has 2 aromatic carbocycles. The maximum absolute atomic E-state index is 13.1. The van der Waals surface area contributed by atoms with Crippen LogP contribution in [0.3, 0.4) is 0 Å². The lowest BCUT2D eigenvalue weighted by Crippen LogP contribution is -1.96. The van der Waals surface area contributed by atoms with E-state index in [0.29, 0.717) is 4.47 Å². The maximum atomic E-state index is 13.1. The van der Waals surface area contributed by atoms with Crippen LogP contribution in [0.1, 0.15) is 0 Å². The van der Waals surface area contributed by atoms with Crippen molar-refractivity contribution in [3.8, 4) is 11.5 Å². The summed E-state index contributed by atoms with van der Waals surface area (Å²) in [5.41, 5.74) is 5.31. The number of hydrogen-bond donors (Lipinski definition) is 1. The van der Waals surface area contributed by atoms with Crippen LogP contribution in [0.2, 0.25) is 0 Å². The number of nitro benzene ring substituents is 1. The first-order chi connectivity index (χ1) is 8.97. The molecular weight excluding hydrogens is 319 g/mol. The van der Waals surface area contributed by atoms with Gasteiger partial charge in [-0.15, -0.1) is 0 Å². The fourth-order valence-electron chi connectivity index (χ4n) is 1.44. The summed E-state index contributed by atoms with van der Waals surface area (Å²) in [5.74, 6) is 0.0933. The summed E-state index contributed by atoms with van der Waals surface area (Å²) in [5, 5.41) is 10.6. The van der Waals surface area contributed by atoms with Gasteiger partial charge in [0.05, 0.1) is 9.40 Å². The zero-order valence-corrected chi connectivity index (χ0v) is 11.1. The highest BCUT2D eigenvalue weighted by atomic mass is 79.9. The number of benzene rings is 2. The maximum Gasteiger partial charge on any atom is 0.292 e. The number of rotatable bonds is 3. The molecule has 0 heterocycles. The average Bonchev–Trinajstić information content (AvgIpc) is 2.33. The fraction of sp³-hybridized carbons (Fsp3) is 0. The smallest absolute Gasteiger partial charge is 0.292 e. The third-order valence-electron chi connectivity index (χ3n) is 2.32. The molecule has 5 nitrogen and oxygen atoms in total. The number of nitrogens with two attached hydrogens (primary N) is 1. The molecule has 0 amide bonds. The second-order valence-electron chi connectivity index (χ2n) is 3.65. The molecule has 0 saturated heterocycles. The van der Waals surface area contributed by atoms with Gasteiger partial charge in [-0.25, -0.2) is 4.39 Å². The Morgan fingerprint density at radius 1 is 1.26 bits per heavy atom. The largest absolute Gasteiger partial charge is 0.456 e. The Labute approximate surface area is 116 Å². The van der Waals surface area contributed by atoms with Gasteiger partial charge in [0.25, 0.3) is 5.69 Å². The van der Waals surface area contributed by atoms with E-state index in [9.17, 15) is 14.5 Å². The van der Waals surface area contributed by atoms with Crippen molar-refractivity contribution in [3.63, 3.8) is 0 Å². The van der Waals surface area contributed by atoms with Crippen LogP contribution in [0.4, 0.5) is 15.8 Å². The van der Waals surface area contributed by atoms with E-state index in [2.05, 4.69) is 15.9 Å². The molecule has 0 saturated carbocycles. The Morgan fingerprint density at radius 2 is 2.00 bits per heavy atom. The highest BCUT2D eigenvalue weighted by Crippen LogP contribution is 2.33. The molecule has 0 aliphatic heterocycles. The van der Waals surface area contributed by atoms with Crippen LogP contribution < -0.4 is 10.5 Å². The first-order valence-corrected chi connectivity index (χ1v) is 5.93. The zero-order chi connectivity index (χ0) is 14.0. The van der Waals surface area contributed by atoms with Gasteiger partial charge in [0, 0.05) is 18.2 Å². The molecule has 0 aromatic heterocycles. The SMILES string of the molecule is Nc1cc(Oc2cc(F)ccc2Br)ccc1[N+](=O)[O-]. The molecule has 0 bridgehead atoms. The molecule has 2 N–H and O–H groups in total. The quantitative estimate of drug-likeness (QED) is 0.527. The van der Waals surface area contributed by atoms with E-state index >= 15 is 0 Å². The van der Waals surface area contributed by atoms with Crippen molar-refractivity contribution < 1.29 is 14.1 Å². The summed E-state index contributed by atoms with van der Waals surface area (Å²) in [7, 11) is 0. The Kier molecular flexibility index (Phi) is 3.66. The van der Waals surface area contributed by atoms with Gasteiger partial charge in [0.15, 0.2) is 0 Å². The number of nitrogen functional groups attached to an aromatic ring is 1. The van der Waals surface area contributed by atoms with E-state index < -0.39 is 10.7 Å². The van der Waals surface area contributed by atoms with Crippen molar-refractivity contribution in [2.75, 3.05) is 5.73 Å². The molecule has 7 heteroatoms. The molecule has 0 fully saturated rings. The third kappa shape index (κ3) is 3.00. The molecule has 0 spiro atoms. The van der Waals surface area contributed by atoms with Gasteiger partial charge >= 0.3 is 0 Å². The summed E-state index contributed by atoms with van der Waals surface area (Å²) >= 11 is 3.21. The summed E-state index contributed by atoms with van der Waals surface area (Å²) in [6.45, 7) is 0. The normalized spacial score (nSPS) is 10.2. The molecule has 2 aromatic rings. The zero-order valence-electron chi connectivity index (χ0n) is 9.47. The molecule has 0 unspecified atom stereocenters. The van der Waals surface area contributed by atoms with Gasteiger partial charge in [0.2, 0.25) is 0 Å². The topological polar surface area (TPSA) is 78.4 Å². The molecule has 0 atom stereocenters. The highest BCUT2D eigenvalue weighted by Gasteiger charge is 2.12. The highest BCUT2D eigenvalue weighted by molar-refractivity contribution is 9.10. The monoisotopic (exact) mass is 326 g/mol. The van der Waals surface area contributed by atoms with Crippen LogP contribution in [0, 0.1) is 15.9 Å². The second-order valence-corrected chi connectivity index (χ2v) is 4.51. The van der Waals surface area contributed by atoms with Crippen molar-refractivity contribution in [2.45, 2.75) is 0 Å². The van der Waals surface area contributed by atoms with E-state index in [4.69, 9.17) is 10.5 Å². The lowest BCUT2D eigenvalue weighted by atomic mass is 10.2. The Balaban J connectivity index is 2.31. The molecule has 98 valence electrons. The molecule has 0 radical (unpaired) electrons. The predicted molar refractivity (Wildman–Crippen MR) is 71.7 cm³/mol. The van der Waals surface area contributed by atoms with Crippen LogP contribution >= 0.6 is 15.9 Å². The Morgan fingerprint density at radius 3 is 2.63 bits per heavy atom. The van der Waals surface area contributed by atoms with Crippen molar-refractivity contribution in [1.29, 1.82) is 0 Å². The summed E-state index contributed by atoms with van der Waals surface area (Å²) in [4.78, 5) is 10.0. The number of anilines is 1. The second kappa shape index (κ2) is 5.23. The number of halogens is 2. The van der Waals surface area contributed by atoms with E-state index in [-0.39, 0.29) is 22.9 Å². The molecule has 0 aliphatic carbocycles. The summed E-state index contributed by atoms with van der Waals surface area (Å²) in [6, 6.07) is 7.92.